The Balaban J connectivity index is 3.05. The second-order valence-electron chi connectivity index (χ2n) is 2.07. The molecule has 0 aliphatic carbocycles. The van der Waals surface area contributed by atoms with Crippen LogP contribution in [-0.4, -0.2) is 0 Å². The van der Waals surface area contributed by atoms with Crippen LogP contribution in [0.2, 0.25) is 0 Å². The minimum atomic E-state index is -0.282. The Kier molecular flexibility index (Phi) is 2.83. The first kappa shape index (κ1) is 8.47. The fourth-order valence-corrected chi connectivity index (χ4v) is 1.29. The molecule has 0 N–H and O–H groups in total. The number of hydrogen-bond acceptors (Lipinski definition) is 1. The van der Waals surface area contributed by atoms with Crippen molar-refractivity contribution in [3.63, 3.8) is 0 Å². The van der Waals surface area contributed by atoms with Crippen molar-refractivity contribution in [3.8, 4) is 6.07 Å². The summed E-state index contributed by atoms with van der Waals surface area (Å²) in [6.45, 7) is 0. The normalized spacial score (nSPS) is 9.18. The summed E-state index contributed by atoms with van der Waals surface area (Å²) in [7, 11) is 0. The molecule has 0 amide bonds. The summed E-state index contributed by atoms with van der Waals surface area (Å²) in [5.74, 6) is -0.282. The lowest BCUT2D eigenvalue weighted by atomic mass is 10.2. The Hall–Kier alpha value is -0.630. The van der Waals surface area contributed by atoms with E-state index in [4.69, 9.17) is 5.26 Å². The predicted molar refractivity (Wildman–Crippen MR) is 48.4 cm³/mol. The fourth-order valence-electron chi connectivity index (χ4n) is 0.764. The van der Waals surface area contributed by atoms with Crippen LogP contribution in [0.3, 0.4) is 0 Å². The third-order valence-electron chi connectivity index (χ3n) is 1.28. The van der Waals surface area contributed by atoms with Gasteiger partial charge in [0.15, 0.2) is 0 Å². The SMILES string of the molecule is N#CCc1cc(F)ccc1I. The molecule has 0 atom stereocenters. The average molecular weight is 261 g/mol. The molecule has 0 saturated carbocycles. The molecule has 0 aliphatic rings. The number of nitriles is 1. The highest BCUT2D eigenvalue weighted by molar-refractivity contribution is 14.1. The molecule has 0 saturated heterocycles. The summed E-state index contributed by atoms with van der Waals surface area (Å²) in [5.41, 5.74) is 0.758. The van der Waals surface area contributed by atoms with E-state index in [9.17, 15) is 4.39 Å². The van der Waals surface area contributed by atoms with Crippen molar-refractivity contribution in [3.05, 3.63) is 33.1 Å². The molecule has 0 fully saturated rings. The van der Waals surface area contributed by atoms with Gasteiger partial charge in [-0.3, -0.25) is 0 Å². The monoisotopic (exact) mass is 261 g/mol. The van der Waals surface area contributed by atoms with Gasteiger partial charge in [-0.1, -0.05) is 0 Å². The maximum Gasteiger partial charge on any atom is 0.123 e. The van der Waals surface area contributed by atoms with Crippen LogP contribution in [0.4, 0.5) is 4.39 Å². The largest absolute Gasteiger partial charge is 0.207 e. The summed E-state index contributed by atoms with van der Waals surface area (Å²) in [5, 5.41) is 8.36. The standard InChI is InChI=1S/C8H5FIN/c9-7-1-2-8(10)6(5-7)3-4-11/h1-2,5H,3H2. The second-order valence-corrected chi connectivity index (χ2v) is 3.23. The van der Waals surface area contributed by atoms with Gasteiger partial charge in [0.25, 0.3) is 0 Å². The van der Waals surface area contributed by atoms with Crippen molar-refractivity contribution in [1.82, 2.24) is 0 Å². The van der Waals surface area contributed by atoms with Crippen molar-refractivity contribution in [1.29, 1.82) is 5.26 Å². The molecule has 1 aromatic rings. The third kappa shape index (κ3) is 2.15. The van der Waals surface area contributed by atoms with E-state index in [-0.39, 0.29) is 12.2 Å². The van der Waals surface area contributed by atoms with Gasteiger partial charge in [0.2, 0.25) is 0 Å². The molecule has 0 heterocycles. The van der Waals surface area contributed by atoms with Gasteiger partial charge < -0.3 is 0 Å². The molecule has 0 aromatic heterocycles. The highest BCUT2D eigenvalue weighted by atomic mass is 127. The van der Waals surface area contributed by atoms with Crippen LogP contribution < -0.4 is 0 Å². The van der Waals surface area contributed by atoms with Crippen LogP contribution in [0.25, 0.3) is 0 Å². The summed E-state index contributed by atoms with van der Waals surface area (Å²) in [6.07, 6.45) is 0.274. The van der Waals surface area contributed by atoms with Crippen molar-refractivity contribution in [2.75, 3.05) is 0 Å². The van der Waals surface area contributed by atoms with Gasteiger partial charge in [0, 0.05) is 3.57 Å². The highest BCUT2D eigenvalue weighted by Crippen LogP contribution is 2.13. The van der Waals surface area contributed by atoms with E-state index >= 15 is 0 Å². The topological polar surface area (TPSA) is 23.8 Å². The van der Waals surface area contributed by atoms with Crippen molar-refractivity contribution in [2.24, 2.45) is 0 Å². The zero-order chi connectivity index (χ0) is 8.27. The Morgan fingerprint density at radius 2 is 2.27 bits per heavy atom. The molecular weight excluding hydrogens is 256 g/mol. The molecule has 56 valence electrons. The van der Waals surface area contributed by atoms with Crippen LogP contribution >= 0.6 is 22.6 Å². The van der Waals surface area contributed by atoms with Gasteiger partial charge in [-0.25, -0.2) is 4.39 Å². The number of rotatable bonds is 1. The van der Waals surface area contributed by atoms with E-state index in [1.54, 1.807) is 6.07 Å². The Bertz CT molecular complexity index is 303. The molecule has 1 aromatic carbocycles. The third-order valence-corrected chi connectivity index (χ3v) is 2.33. The number of nitrogens with zero attached hydrogens (tertiary/aromatic N) is 1. The quantitative estimate of drug-likeness (QED) is 0.712. The Morgan fingerprint density at radius 1 is 1.55 bits per heavy atom. The summed E-state index contributed by atoms with van der Waals surface area (Å²) in [4.78, 5) is 0. The number of benzene rings is 1. The number of hydrogen-bond donors (Lipinski definition) is 0. The van der Waals surface area contributed by atoms with E-state index in [1.807, 2.05) is 6.07 Å². The van der Waals surface area contributed by atoms with E-state index < -0.39 is 0 Å². The van der Waals surface area contributed by atoms with Crippen LogP contribution in [0.5, 0.6) is 0 Å². The molecule has 0 spiro atoms. The first-order valence-electron chi connectivity index (χ1n) is 3.05. The molecule has 0 aliphatic heterocycles. The minimum absolute atomic E-state index is 0.274. The molecular formula is C8H5FIN. The van der Waals surface area contributed by atoms with Gasteiger partial charge in [-0.05, 0) is 46.4 Å². The molecule has 0 radical (unpaired) electrons. The second kappa shape index (κ2) is 3.67. The van der Waals surface area contributed by atoms with Crippen LogP contribution in [-0.2, 0) is 6.42 Å². The minimum Gasteiger partial charge on any atom is -0.207 e. The van der Waals surface area contributed by atoms with E-state index in [1.165, 1.54) is 12.1 Å². The molecule has 1 nitrogen and oxygen atoms in total. The van der Waals surface area contributed by atoms with Crippen molar-refractivity contribution >= 4 is 22.6 Å². The van der Waals surface area contributed by atoms with Crippen LogP contribution in [0.1, 0.15) is 5.56 Å². The van der Waals surface area contributed by atoms with Gasteiger partial charge in [-0.15, -0.1) is 0 Å². The smallest absolute Gasteiger partial charge is 0.123 e. The lowest BCUT2D eigenvalue weighted by molar-refractivity contribution is 0.625. The van der Waals surface area contributed by atoms with E-state index in [0.717, 1.165) is 9.13 Å². The first-order chi connectivity index (χ1) is 5.24. The summed E-state index contributed by atoms with van der Waals surface area (Å²) in [6, 6.07) is 6.44. The molecule has 1 rings (SSSR count). The summed E-state index contributed by atoms with van der Waals surface area (Å²) < 4.78 is 13.5. The van der Waals surface area contributed by atoms with Crippen LogP contribution in [0.15, 0.2) is 18.2 Å². The molecule has 11 heavy (non-hydrogen) atoms. The van der Waals surface area contributed by atoms with Gasteiger partial charge >= 0.3 is 0 Å². The maximum absolute atomic E-state index is 12.6. The summed E-state index contributed by atoms with van der Waals surface area (Å²) >= 11 is 2.08. The Morgan fingerprint density at radius 3 is 2.91 bits per heavy atom. The first-order valence-corrected chi connectivity index (χ1v) is 4.13. The zero-order valence-electron chi connectivity index (χ0n) is 5.64. The van der Waals surface area contributed by atoms with Gasteiger partial charge in [0.05, 0.1) is 12.5 Å². The fraction of sp³-hybridized carbons (Fsp3) is 0.125. The van der Waals surface area contributed by atoms with Crippen LogP contribution in [0, 0.1) is 20.7 Å². The maximum atomic E-state index is 12.6. The Labute approximate surface area is 78.0 Å². The molecule has 3 heteroatoms. The average Bonchev–Trinajstić information content (AvgIpc) is 1.98. The van der Waals surface area contributed by atoms with Crippen molar-refractivity contribution in [2.45, 2.75) is 6.42 Å². The van der Waals surface area contributed by atoms with Gasteiger partial charge in [0.1, 0.15) is 5.82 Å². The van der Waals surface area contributed by atoms with E-state index in [0.29, 0.717) is 0 Å². The molecule has 0 unspecified atom stereocenters. The molecule has 0 bridgehead atoms. The lowest BCUT2D eigenvalue weighted by Crippen LogP contribution is -1.87. The van der Waals surface area contributed by atoms with Gasteiger partial charge in [-0.2, -0.15) is 5.26 Å². The number of halogens is 2. The predicted octanol–water partition coefficient (Wildman–Crippen LogP) is 2.50. The lowest BCUT2D eigenvalue weighted by Gasteiger charge is -1.97. The zero-order valence-corrected chi connectivity index (χ0v) is 7.80. The van der Waals surface area contributed by atoms with E-state index in [2.05, 4.69) is 22.6 Å². The highest BCUT2D eigenvalue weighted by Gasteiger charge is 1.99. The van der Waals surface area contributed by atoms with Crippen molar-refractivity contribution < 1.29 is 4.39 Å².